The fourth-order valence-electron chi connectivity index (χ4n) is 1.32. The van der Waals surface area contributed by atoms with Crippen molar-refractivity contribution < 1.29 is 17.9 Å². The molecule has 0 aromatic carbocycles. The van der Waals surface area contributed by atoms with Gasteiger partial charge in [-0.05, 0) is 33.1 Å². The predicted molar refractivity (Wildman–Crippen MR) is 71.7 cm³/mol. The van der Waals surface area contributed by atoms with E-state index >= 15 is 0 Å². The van der Waals surface area contributed by atoms with E-state index in [-0.39, 0.29) is 11.2 Å². The summed E-state index contributed by atoms with van der Waals surface area (Å²) < 4.78 is 31.1. The molecule has 0 radical (unpaired) electrons. The molecule has 0 spiro atoms. The summed E-state index contributed by atoms with van der Waals surface area (Å²) in [5.74, 6) is -0.604. The molecule has 0 saturated heterocycles. The Bertz CT molecular complexity index is 387. The molecule has 0 fully saturated rings. The molecule has 1 N–H and O–H groups in total. The number of nitrogens with one attached hydrogen (secondary N) is 1. The van der Waals surface area contributed by atoms with Gasteiger partial charge in [0, 0.05) is 0 Å². The molecule has 18 heavy (non-hydrogen) atoms. The van der Waals surface area contributed by atoms with Gasteiger partial charge >= 0.3 is 5.97 Å². The summed E-state index contributed by atoms with van der Waals surface area (Å²) in [4.78, 5) is 11.7. The Labute approximate surface area is 110 Å². The SMILES string of the molecule is C[C@@H](NS(=O)(=O)CC(C)(C)C)C(=O)OC(C)(C)C. The molecule has 0 heterocycles. The van der Waals surface area contributed by atoms with E-state index in [0.29, 0.717) is 0 Å². The average Bonchev–Trinajstić information content (AvgIpc) is 1.93. The number of rotatable bonds is 4. The molecule has 0 aromatic heterocycles. The van der Waals surface area contributed by atoms with Gasteiger partial charge in [0.15, 0.2) is 0 Å². The van der Waals surface area contributed by atoms with Crippen LogP contribution in [0.5, 0.6) is 0 Å². The molecule has 0 bridgehead atoms. The highest BCUT2D eigenvalue weighted by Crippen LogP contribution is 2.16. The molecule has 6 heteroatoms. The van der Waals surface area contributed by atoms with Crippen LogP contribution in [-0.2, 0) is 19.6 Å². The highest BCUT2D eigenvalue weighted by molar-refractivity contribution is 7.89. The van der Waals surface area contributed by atoms with Crippen molar-refractivity contribution in [3.8, 4) is 0 Å². The smallest absolute Gasteiger partial charge is 0.324 e. The number of carbonyl (C=O) groups is 1. The van der Waals surface area contributed by atoms with E-state index < -0.39 is 27.6 Å². The third-order valence-electron chi connectivity index (χ3n) is 1.74. The van der Waals surface area contributed by atoms with Gasteiger partial charge in [0.25, 0.3) is 0 Å². The van der Waals surface area contributed by atoms with Crippen LogP contribution in [0.25, 0.3) is 0 Å². The summed E-state index contributed by atoms with van der Waals surface area (Å²) in [6.45, 7) is 12.2. The topological polar surface area (TPSA) is 72.5 Å². The van der Waals surface area contributed by atoms with Crippen LogP contribution in [0.4, 0.5) is 0 Å². The Hall–Kier alpha value is -0.620. The summed E-state index contributed by atoms with van der Waals surface area (Å²) in [5.41, 5.74) is -0.986. The molecule has 0 aliphatic rings. The molecule has 5 nitrogen and oxygen atoms in total. The molecule has 0 unspecified atom stereocenters. The van der Waals surface area contributed by atoms with E-state index in [9.17, 15) is 13.2 Å². The highest BCUT2D eigenvalue weighted by atomic mass is 32.2. The van der Waals surface area contributed by atoms with Gasteiger partial charge < -0.3 is 4.74 Å². The average molecular weight is 279 g/mol. The predicted octanol–water partition coefficient (Wildman–Crippen LogP) is 1.68. The van der Waals surface area contributed by atoms with Crippen molar-refractivity contribution in [1.29, 1.82) is 0 Å². The first-order valence-electron chi connectivity index (χ1n) is 5.95. The molecular weight excluding hydrogens is 254 g/mol. The summed E-state index contributed by atoms with van der Waals surface area (Å²) >= 11 is 0. The van der Waals surface area contributed by atoms with Gasteiger partial charge in [0.05, 0.1) is 5.75 Å². The normalized spacial score (nSPS) is 15.3. The van der Waals surface area contributed by atoms with Crippen molar-refractivity contribution in [3.63, 3.8) is 0 Å². The van der Waals surface area contributed by atoms with E-state index in [4.69, 9.17) is 4.74 Å². The minimum Gasteiger partial charge on any atom is -0.459 e. The number of carbonyl (C=O) groups excluding carboxylic acids is 1. The van der Waals surface area contributed by atoms with Crippen LogP contribution in [0.2, 0.25) is 0 Å². The van der Waals surface area contributed by atoms with E-state index in [1.54, 1.807) is 20.8 Å². The van der Waals surface area contributed by atoms with Crippen molar-refractivity contribution in [3.05, 3.63) is 0 Å². The molecule has 0 saturated carbocycles. The first kappa shape index (κ1) is 17.4. The van der Waals surface area contributed by atoms with Crippen LogP contribution in [0.1, 0.15) is 48.5 Å². The van der Waals surface area contributed by atoms with Crippen LogP contribution in [0.15, 0.2) is 0 Å². The zero-order valence-corrected chi connectivity index (χ0v) is 13.1. The first-order chi connectivity index (χ1) is 7.72. The van der Waals surface area contributed by atoms with Gasteiger partial charge in [-0.2, -0.15) is 0 Å². The maximum Gasteiger partial charge on any atom is 0.324 e. The van der Waals surface area contributed by atoms with E-state index in [2.05, 4.69) is 4.72 Å². The van der Waals surface area contributed by atoms with Crippen molar-refractivity contribution in [1.82, 2.24) is 4.72 Å². The summed E-state index contributed by atoms with van der Waals surface area (Å²) in [5, 5.41) is 0. The van der Waals surface area contributed by atoms with E-state index in [1.165, 1.54) is 6.92 Å². The second kappa shape index (κ2) is 5.57. The third kappa shape index (κ3) is 8.47. The van der Waals surface area contributed by atoms with Gasteiger partial charge in [-0.1, -0.05) is 20.8 Å². The Morgan fingerprint density at radius 2 is 1.61 bits per heavy atom. The van der Waals surface area contributed by atoms with E-state index in [1.807, 2.05) is 20.8 Å². The number of esters is 1. The summed E-state index contributed by atoms with van der Waals surface area (Å²) in [7, 11) is -3.49. The molecule has 0 aliphatic heterocycles. The quantitative estimate of drug-likeness (QED) is 0.795. The highest BCUT2D eigenvalue weighted by Gasteiger charge is 2.28. The third-order valence-corrected chi connectivity index (χ3v) is 3.70. The standard InChI is InChI=1S/C12H25NO4S/c1-9(10(14)17-12(5,6)7)13-18(15,16)8-11(2,3)4/h9,13H,8H2,1-7H3/t9-/m1/s1. The van der Waals surface area contributed by atoms with Crippen LogP contribution in [-0.4, -0.2) is 31.8 Å². The van der Waals surface area contributed by atoms with Gasteiger partial charge in [-0.15, -0.1) is 0 Å². The Morgan fingerprint density at radius 3 is 1.94 bits per heavy atom. The fraction of sp³-hybridized carbons (Fsp3) is 0.917. The molecule has 0 amide bonds. The summed E-state index contributed by atoms with van der Waals surface area (Å²) in [6.07, 6.45) is 0. The maximum absolute atomic E-state index is 11.8. The van der Waals surface area contributed by atoms with Crippen LogP contribution < -0.4 is 4.72 Å². The van der Waals surface area contributed by atoms with Crippen LogP contribution in [0, 0.1) is 5.41 Å². The van der Waals surface area contributed by atoms with Gasteiger partial charge in [-0.25, -0.2) is 13.1 Å². The summed E-state index contributed by atoms with van der Waals surface area (Å²) in [6, 6.07) is -0.878. The Kier molecular flexibility index (Phi) is 5.38. The lowest BCUT2D eigenvalue weighted by Crippen LogP contribution is -2.44. The second-order valence-electron chi connectivity index (χ2n) is 6.69. The zero-order valence-electron chi connectivity index (χ0n) is 12.3. The lowest BCUT2D eigenvalue weighted by atomic mass is 10.0. The van der Waals surface area contributed by atoms with Gasteiger partial charge in [-0.3, -0.25) is 4.79 Å². The molecule has 0 aromatic rings. The Morgan fingerprint density at radius 1 is 1.17 bits per heavy atom. The van der Waals surface area contributed by atoms with Gasteiger partial charge in [0.2, 0.25) is 10.0 Å². The van der Waals surface area contributed by atoms with Crippen molar-refractivity contribution in [2.75, 3.05) is 5.75 Å². The zero-order chi connectivity index (χ0) is 14.8. The maximum atomic E-state index is 11.8. The molecule has 108 valence electrons. The minimum absolute atomic E-state index is 0.0346. The molecule has 0 rings (SSSR count). The van der Waals surface area contributed by atoms with Gasteiger partial charge in [0.1, 0.15) is 11.6 Å². The largest absolute Gasteiger partial charge is 0.459 e. The lowest BCUT2D eigenvalue weighted by Gasteiger charge is -2.24. The molecule has 1 atom stereocenters. The fourth-order valence-corrected chi connectivity index (χ4v) is 3.18. The second-order valence-corrected chi connectivity index (χ2v) is 8.45. The number of ether oxygens (including phenoxy) is 1. The van der Waals surface area contributed by atoms with E-state index in [0.717, 1.165) is 0 Å². The molecular formula is C12H25NO4S. The minimum atomic E-state index is -3.49. The van der Waals surface area contributed by atoms with Crippen LogP contribution >= 0.6 is 0 Å². The lowest BCUT2D eigenvalue weighted by molar-refractivity contribution is -0.156. The number of sulfonamides is 1. The first-order valence-corrected chi connectivity index (χ1v) is 7.60. The van der Waals surface area contributed by atoms with Crippen molar-refractivity contribution >= 4 is 16.0 Å². The van der Waals surface area contributed by atoms with Crippen molar-refractivity contribution in [2.45, 2.75) is 60.1 Å². The van der Waals surface area contributed by atoms with Crippen LogP contribution in [0.3, 0.4) is 0 Å². The monoisotopic (exact) mass is 279 g/mol. The Balaban J connectivity index is 4.57. The number of hydrogen-bond donors (Lipinski definition) is 1. The molecule has 0 aliphatic carbocycles. The van der Waals surface area contributed by atoms with Crippen molar-refractivity contribution in [2.24, 2.45) is 5.41 Å². The number of hydrogen-bond acceptors (Lipinski definition) is 4.